The molecule has 0 spiro atoms. The van der Waals surface area contributed by atoms with Crippen LogP contribution in [0.1, 0.15) is 11.4 Å². The summed E-state index contributed by atoms with van der Waals surface area (Å²) in [7, 11) is 2.00. The Balaban J connectivity index is 2.53. The molecule has 1 N–H and O–H groups in total. The lowest BCUT2D eigenvalue weighted by Gasteiger charge is -2.05. The molecule has 0 aliphatic heterocycles. The third kappa shape index (κ3) is 2.28. The highest BCUT2D eigenvalue weighted by atomic mass is 79.9. The van der Waals surface area contributed by atoms with Gasteiger partial charge in [-0.2, -0.15) is 0 Å². The molecule has 3 nitrogen and oxygen atoms in total. The van der Waals surface area contributed by atoms with Gasteiger partial charge in [-0.05, 0) is 13.0 Å². The van der Waals surface area contributed by atoms with Crippen molar-refractivity contribution >= 4 is 15.9 Å². The molecule has 1 aromatic heterocycles. The molecular weight excluding hydrogens is 280 g/mol. The quantitative estimate of drug-likeness (QED) is 0.945. The summed E-state index contributed by atoms with van der Waals surface area (Å²) in [5.41, 5.74) is 3.13. The van der Waals surface area contributed by atoms with Gasteiger partial charge < -0.3 is 9.67 Å². The van der Waals surface area contributed by atoms with Gasteiger partial charge in [-0.15, -0.1) is 0 Å². The van der Waals surface area contributed by atoms with E-state index in [4.69, 9.17) is 5.11 Å². The standard InChI is InChI=1S/C13H15BrN2O/c1-9-12(7-8-17)15-13(16(9)2)10-5-3-4-6-11(10)14/h3-6,17H,7-8H2,1-2H3. The molecule has 0 atom stereocenters. The molecule has 0 saturated carbocycles. The molecule has 0 radical (unpaired) electrons. The molecule has 0 saturated heterocycles. The van der Waals surface area contributed by atoms with Crippen LogP contribution in [-0.2, 0) is 13.5 Å². The SMILES string of the molecule is Cc1c(CCO)nc(-c2ccccc2Br)n1C. The lowest BCUT2D eigenvalue weighted by molar-refractivity contribution is 0.298. The Kier molecular flexibility index (Phi) is 3.64. The zero-order valence-corrected chi connectivity index (χ0v) is 11.5. The zero-order chi connectivity index (χ0) is 12.4. The van der Waals surface area contributed by atoms with Crippen molar-refractivity contribution in [3.8, 4) is 11.4 Å². The van der Waals surface area contributed by atoms with E-state index in [0.717, 1.165) is 27.2 Å². The predicted molar refractivity (Wildman–Crippen MR) is 71.9 cm³/mol. The van der Waals surface area contributed by atoms with Crippen molar-refractivity contribution in [2.75, 3.05) is 6.61 Å². The maximum atomic E-state index is 9.01. The fraction of sp³-hybridized carbons (Fsp3) is 0.308. The van der Waals surface area contributed by atoms with Gasteiger partial charge in [-0.25, -0.2) is 4.98 Å². The second-order valence-electron chi connectivity index (χ2n) is 3.98. The fourth-order valence-electron chi connectivity index (χ4n) is 1.86. The Hall–Kier alpha value is -1.13. The molecule has 0 amide bonds. The molecule has 0 aliphatic rings. The summed E-state index contributed by atoms with van der Waals surface area (Å²) in [6.45, 7) is 2.16. The number of halogens is 1. The van der Waals surface area contributed by atoms with E-state index in [1.165, 1.54) is 0 Å². The monoisotopic (exact) mass is 294 g/mol. The van der Waals surface area contributed by atoms with Crippen molar-refractivity contribution in [2.24, 2.45) is 7.05 Å². The number of rotatable bonds is 3. The summed E-state index contributed by atoms with van der Waals surface area (Å²) >= 11 is 3.54. The largest absolute Gasteiger partial charge is 0.396 e. The number of aliphatic hydroxyl groups excluding tert-OH is 1. The van der Waals surface area contributed by atoms with Crippen LogP contribution < -0.4 is 0 Å². The van der Waals surface area contributed by atoms with Crippen molar-refractivity contribution < 1.29 is 5.11 Å². The van der Waals surface area contributed by atoms with Crippen LogP contribution in [0, 0.1) is 6.92 Å². The van der Waals surface area contributed by atoms with Crippen LogP contribution in [0.3, 0.4) is 0 Å². The van der Waals surface area contributed by atoms with Gasteiger partial charge in [0.15, 0.2) is 0 Å². The highest BCUT2D eigenvalue weighted by Crippen LogP contribution is 2.28. The average Bonchev–Trinajstić information content (AvgIpc) is 2.59. The Bertz CT molecular complexity index is 534. The summed E-state index contributed by atoms with van der Waals surface area (Å²) in [4.78, 5) is 4.60. The van der Waals surface area contributed by atoms with E-state index in [0.29, 0.717) is 6.42 Å². The number of benzene rings is 1. The second-order valence-corrected chi connectivity index (χ2v) is 4.83. The molecule has 0 unspecified atom stereocenters. The normalized spacial score (nSPS) is 10.8. The van der Waals surface area contributed by atoms with Gasteiger partial charge >= 0.3 is 0 Å². The molecule has 1 heterocycles. The van der Waals surface area contributed by atoms with Crippen LogP contribution in [0.25, 0.3) is 11.4 Å². The van der Waals surface area contributed by atoms with Gasteiger partial charge in [0.05, 0.1) is 5.69 Å². The smallest absolute Gasteiger partial charge is 0.141 e. The van der Waals surface area contributed by atoms with Gasteiger partial charge in [0.25, 0.3) is 0 Å². The highest BCUT2D eigenvalue weighted by Gasteiger charge is 2.13. The minimum atomic E-state index is 0.132. The third-order valence-electron chi connectivity index (χ3n) is 2.94. The van der Waals surface area contributed by atoms with Crippen molar-refractivity contribution in [2.45, 2.75) is 13.3 Å². The van der Waals surface area contributed by atoms with E-state index in [2.05, 4.69) is 25.5 Å². The molecule has 2 aromatic rings. The van der Waals surface area contributed by atoms with E-state index in [1.807, 2.05) is 38.2 Å². The van der Waals surface area contributed by atoms with Crippen molar-refractivity contribution in [3.63, 3.8) is 0 Å². The summed E-state index contributed by atoms with van der Waals surface area (Å²) in [5, 5.41) is 9.01. The number of aliphatic hydroxyl groups is 1. The molecule has 4 heteroatoms. The van der Waals surface area contributed by atoms with Crippen LogP contribution in [0.2, 0.25) is 0 Å². The average molecular weight is 295 g/mol. The van der Waals surface area contributed by atoms with Crippen LogP contribution in [0.5, 0.6) is 0 Å². The van der Waals surface area contributed by atoms with Crippen molar-refractivity contribution in [1.82, 2.24) is 9.55 Å². The maximum Gasteiger partial charge on any atom is 0.141 e. The molecule has 90 valence electrons. The second kappa shape index (κ2) is 5.02. The number of aromatic nitrogens is 2. The van der Waals surface area contributed by atoms with Gasteiger partial charge in [0, 0.05) is 35.8 Å². The molecular formula is C13H15BrN2O. The van der Waals surface area contributed by atoms with Crippen LogP contribution in [0.4, 0.5) is 0 Å². The van der Waals surface area contributed by atoms with E-state index < -0.39 is 0 Å². The number of imidazole rings is 1. The minimum Gasteiger partial charge on any atom is -0.396 e. The van der Waals surface area contributed by atoms with Crippen molar-refractivity contribution in [1.29, 1.82) is 0 Å². The molecule has 1 aromatic carbocycles. The van der Waals surface area contributed by atoms with Gasteiger partial charge in [-0.1, -0.05) is 34.1 Å². The maximum absolute atomic E-state index is 9.01. The molecule has 0 fully saturated rings. The first-order valence-electron chi connectivity index (χ1n) is 5.53. The lowest BCUT2D eigenvalue weighted by atomic mass is 10.2. The fourth-order valence-corrected chi connectivity index (χ4v) is 2.32. The first-order chi connectivity index (χ1) is 8.15. The number of hydrogen-bond acceptors (Lipinski definition) is 2. The molecule has 0 aliphatic carbocycles. The van der Waals surface area contributed by atoms with Crippen LogP contribution in [0.15, 0.2) is 28.7 Å². The first-order valence-corrected chi connectivity index (χ1v) is 6.32. The predicted octanol–water partition coefficient (Wildman–Crippen LogP) is 2.69. The summed E-state index contributed by atoms with van der Waals surface area (Å²) in [5.74, 6) is 0.929. The van der Waals surface area contributed by atoms with Crippen LogP contribution in [-0.4, -0.2) is 21.3 Å². The van der Waals surface area contributed by atoms with Gasteiger partial charge in [-0.3, -0.25) is 0 Å². The molecule has 0 bridgehead atoms. The van der Waals surface area contributed by atoms with Crippen LogP contribution >= 0.6 is 15.9 Å². The Morgan fingerprint density at radius 1 is 1.35 bits per heavy atom. The van der Waals surface area contributed by atoms with Gasteiger partial charge in [0.1, 0.15) is 5.82 Å². The third-order valence-corrected chi connectivity index (χ3v) is 3.63. The summed E-state index contributed by atoms with van der Waals surface area (Å²) < 4.78 is 3.09. The summed E-state index contributed by atoms with van der Waals surface area (Å²) in [6.07, 6.45) is 0.601. The highest BCUT2D eigenvalue weighted by molar-refractivity contribution is 9.10. The number of hydrogen-bond donors (Lipinski definition) is 1. The number of nitrogens with zero attached hydrogens (tertiary/aromatic N) is 2. The lowest BCUT2D eigenvalue weighted by Crippen LogP contribution is -1.96. The van der Waals surface area contributed by atoms with E-state index >= 15 is 0 Å². The Morgan fingerprint density at radius 3 is 2.71 bits per heavy atom. The van der Waals surface area contributed by atoms with E-state index in [-0.39, 0.29) is 6.61 Å². The zero-order valence-electron chi connectivity index (χ0n) is 9.94. The molecule has 2 rings (SSSR count). The topological polar surface area (TPSA) is 38.1 Å². The molecule has 17 heavy (non-hydrogen) atoms. The summed E-state index contributed by atoms with van der Waals surface area (Å²) in [6, 6.07) is 8.02. The van der Waals surface area contributed by atoms with E-state index in [9.17, 15) is 0 Å². The minimum absolute atomic E-state index is 0.132. The Morgan fingerprint density at radius 2 is 2.06 bits per heavy atom. The first kappa shape index (κ1) is 12.3. The van der Waals surface area contributed by atoms with Gasteiger partial charge in [0.2, 0.25) is 0 Å². The Labute approximate surface area is 109 Å². The van der Waals surface area contributed by atoms with E-state index in [1.54, 1.807) is 0 Å². The van der Waals surface area contributed by atoms with Crippen molar-refractivity contribution in [3.05, 3.63) is 40.1 Å².